The summed E-state index contributed by atoms with van der Waals surface area (Å²) in [7, 11) is 0. The Kier molecular flexibility index (Phi) is 3.14. The fourth-order valence-corrected chi connectivity index (χ4v) is 1.35. The van der Waals surface area contributed by atoms with Gasteiger partial charge in [-0.15, -0.1) is 0 Å². The molecule has 0 heterocycles. The molecule has 0 radical (unpaired) electrons. The smallest absolute Gasteiger partial charge is 0.117 e. The second-order valence-corrected chi connectivity index (χ2v) is 3.38. The predicted molar refractivity (Wildman–Crippen MR) is 51.7 cm³/mol. The van der Waals surface area contributed by atoms with E-state index in [4.69, 9.17) is 22.4 Å². The van der Waals surface area contributed by atoms with E-state index in [1.54, 1.807) is 13.0 Å². The summed E-state index contributed by atoms with van der Waals surface area (Å²) in [6, 6.07) is 3.98. The third-order valence-electron chi connectivity index (χ3n) is 1.86. The zero-order valence-electron chi connectivity index (χ0n) is 7.24. The standard InChI is InChI=1S/C9H12ClNO2/c1-5(12)9(11)7-3-2-6(13)4-8(7)10/h2-5,9,12-13H,11H2,1H3/t5-,9-/m0/s1. The van der Waals surface area contributed by atoms with E-state index in [9.17, 15) is 5.11 Å². The van der Waals surface area contributed by atoms with Gasteiger partial charge < -0.3 is 15.9 Å². The first-order chi connectivity index (χ1) is 6.02. The molecule has 0 aliphatic carbocycles. The summed E-state index contributed by atoms with van der Waals surface area (Å²) in [4.78, 5) is 0. The van der Waals surface area contributed by atoms with Gasteiger partial charge in [-0.1, -0.05) is 17.7 Å². The van der Waals surface area contributed by atoms with Crippen molar-refractivity contribution in [1.29, 1.82) is 0 Å². The number of phenolic OH excluding ortho intramolecular Hbond substituents is 1. The highest BCUT2D eigenvalue weighted by Crippen LogP contribution is 2.26. The van der Waals surface area contributed by atoms with Crippen LogP contribution in [-0.4, -0.2) is 16.3 Å². The van der Waals surface area contributed by atoms with Gasteiger partial charge in [0.1, 0.15) is 5.75 Å². The van der Waals surface area contributed by atoms with Crippen LogP contribution in [0.1, 0.15) is 18.5 Å². The van der Waals surface area contributed by atoms with Crippen LogP contribution in [0.5, 0.6) is 5.75 Å². The van der Waals surface area contributed by atoms with Crippen molar-refractivity contribution in [2.75, 3.05) is 0 Å². The lowest BCUT2D eigenvalue weighted by Crippen LogP contribution is -2.23. The minimum atomic E-state index is -0.665. The van der Waals surface area contributed by atoms with Gasteiger partial charge >= 0.3 is 0 Å². The topological polar surface area (TPSA) is 66.5 Å². The number of aromatic hydroxyl groups is 1. The van der Waals surface area contributed by atoms with Gasteiger partial charge in [-0.05, 0) is 24.6 Å². The number of hydrogen-bond donors (Lipinski definition) is 3. The van der Waals surface area contributed by atoms with Crippen LogP contribution in [0.2, 0.25) is 5.02 Å². The van der Waals surface area contributed by atoms with Crippen LogP contribution in [-0.2, 0) is 0 Å². The molecule has 0 amide bonds. The normalized spacial score (nSPS) is 15.4. The average Bonchev–Trinajstić information content (AvgIpc) is 2.03. The molecule has 0 bridgehead atoms. The lowest BCUT2D eigenvalue weighted by Gasteiger charge is -2.16. The summed E-state index contributed by atoms with van der Waals surface area (Å²) in [6.07, 6.45) is -0.665. The fraction of sp³-hybridized carbons (Fsp3) is 0.333. The molecular weight excluding hydrogens is 190 g/mol. The van der Waals surface area contributed by atoms with Gasteiger partial charge in [-0.2, -0.15) is 0 Å². The van der Waals surface area contributed by atoms with Crippen molar-refractivity contribution in [3.8, 4) is 5.75 Å². The molecule has 0 saturated carbocycles. The Hall–Kier alpha value is -0.770. The minimum absolute atomic E-state index is 0.0894. The molecule has 2 atom stereocenters. The highest BCUT2D eigenvalue weighted by molar-refractivity contribution is 6.31. The molecule has 4 heteroatoms. The zero-order chi connectivity index (χ0) is 10.0. The molecule has 0 fully saturated rings. The molecule has 0 saturated heterocycles. The maximum absolute atomic E-state index is 9.22. The average molecular weight is 202 g/mol. The molecular formula is C9H12ClNO2. The predicted octanol–water partition coefficient (Wildman–Crippen LogP) is 1.43. The van der Waals surface area contributed by atoms with Gasteiger partial charge in [0.2, 0.25) is 0 Å². The molecule has 0 aromatic heterocycles. The summed E-state index contributed by atoms with van der Waals surface area (Å²) in [5, 5.41) is 18.7. The van der Waals surface area contributed by atoms with Gasteiger partial charge in [-0.25, -0.2) is 0 Å². The number of hydrogen-bond acceptors (Lipinski definition) is 3. The number of rotatable bonds is 2. The van der Waals surface area contributed by atoms with Crippen molar-refractivity contribution >= 4 is 11.6 Å². The molecule has 0 spiro atoms. The summed E-state index contributed by atoms with van der Waals surface area (Å²) in [5.41, 5.74) is 6.31. The van der Waals surface area contributed by atoms with Crippen molar-refractivity contribution in [2.45, 2.75) is 19.1 Å². The van der Waals surface area contributed by atoms with E-state index in [2.05, 4.69) is 0 Å². The molecule has 72 valence electrons. The molecule has 1 aromatic carbocycles. The van der Waals surface area contributed by atoms with Crippen molar-refractivity contribution in [2.24, 2.45) is 5.73 Å². The number of aliphatic hydroxyl groups excluding tert-OH is 1. The Morgan fingerprint density at radius 1 is 1.46 bits per heavy atom. The van der Waals surface area contributed by atoms with Crippen LogP contribution in [0.25, 0.3) is 0 Å². The first kappa shape index (κ1) is 10.3. The number of nitrogens with two attached hydrogens (primary N) is 1. The first-order valence-corrected chi connectivity index (χ1v) is 4.32. The number of benzene rings is 1. The second kappa shape index (κ2) is 3.96. The summed E-state index contributed by atoms with van der Waals surface area (Å²) in [6.45, 7) is 1.59. The Bertz CT molecular complexity index is 302. The monoisotopic (exact) mass is 201 g/mol. The van der Waals surface area contributed by atoms with E-state index in [1.165, 1.54) is 12.1 Å². The van der Waals surface area contributed by atoms with Gasteiger partial charge in [0.15, 0.2) is 0 Å². The van der Waals surface area contributed by atoms with Crippen LogP contribution in [0.4, 0.5) is 0 Å². The van der Waals surface area contributed by atoms with Gasteiger partial charge in [0.25, 0.3) is 0 Å². The van der Waals surface area contributed by atoms with Crippen molar-refractivity contribution in [3.63, 3.8) is 0 Å². The molecule has 1 rings (SSSR count). The molecule has 0 unspecified atom stereocenters. The molecule has 4 N–H and O–H groups in total. The molecule has 13 heavy (non-hydrogen) atoms. The zero-order valence-corrected chi connectivity index (χ0v) is 7.99. The third kappa shape index (κ3) is 2.34. The third-order valence-corrected chi connectivity index (χ3v) is 2.19. The van der Waals surface area contributed by atoms with Crippen LogP contribution in [0.3, 0.4) is 0 Å². The number of aliphatic hydroxyl groups is 1. The van der Waals surface area contributed by atoms with Gasteiger partial charge in [0.05, 0.1) is 12.1 Å². The van der Waals surface area contributed by atoms with E-state index in [0.717, 1.165) is 0 Å². The van der Waals surface area contributed by atoms with Crippen molar-refractivity contribution in [3.05, 3.63) is 28.8 Å². The largest absolute Gasteiger partial charge is 0.508 e. The van der Waals surface area contributed by atoms with Gasteiger partial charge in [0, 0.05) is 5.02 Å². The van der Waals surface area contributed by atoms with E-state index < -0.39 is 12.1 Å². The highest BCUT2D eigenvalue weighted by atomic mass is 35.5. The summed E-state index contributed by atoms with van der Waals surface area (Å²) < 4.78 is 0. The van der Waals surface area contributed by atoms with Crippen LogP contribution >= 0.6 is 11.6 Å². The van der Waals surface area contributed by atoms with Crippen molar-refractivity contribution < 1.29 is 10.2 Å². The van der Waals surface area contributed by atoms with Crippen molar-refractivity contribution in [1.82, 2.24) is 0 Å². The molecule has 1 aromatic rings. The summed E-state index contributed by atoms with van der Waals surface area (Å²) in [5.74, 6) is 0.0894. The van der Waals surface area contributed by atoms with E-state index >= 15 is 0 Å². The number of halogens is 1. The van der Waals surface area contributed by atoms with E-state index in [1.807, 2.05) is 0 Å². The first-order valence-electron chi connectivity index (χ1n) is 3.94. The maximum Gasteiger partial charge on any atom is 0.117 e. The van der Waals surface area contributed by atoms with Crippen LogP contribution in [0, 0.1) is 0 Å². The van der Waals surface area contributed by atoms with E-state index in [-0.39, 0.29) is 5.75 Å². The Balaban J connectivity index is 3.01. The molecule has 0 aliphatic rings. The minimum Gasteiger partial charge on any atom is -0.508 e. The van der Waals surface area contributed by atoms with Crippen LogP contribution < -0.4 is 5.73 Å². The SMILES string of the molecule is C[C@H](O)[C@H](N)c1ccc(O)cc1Cl. The lowest BCUT2D eigenvalue weighted by molar-refractivity contribution is 0.164. The van der Waals surface area contributed by atoms with Gasteiger partial charge in [-0.3, -0.25) is 0 Å². The highest BCUT2D eigenvalue weighted by Gasteiger charge is 2.15. The number of phenols is 1. The fourth-order valence-electron chi connectivity index (χ4n) is 1.05. The second-order valence-electron chi connectivity index (χ2n) is 2.97. The lowest BCUT2D eigenvalue weighted by atomic mass is 10.0. The Morgan fingerprint density at radius 2 is 2.08 bits per heavy atom. The Labute approximate surface area is 81.8 Å². The van der Waals surface area contributed by atoms with Crippen LogP contribution in [0.15, 0.2) is 18.2 Å². The molecule has 3 nitrogen and oxygen atoms in total. The quantitative estimate of drug-likeness (QED) is 0.678. The Morgan fingerprint density at radius 3 is 2.54 bits per heavy atom. The molecule has 0 aliphatic heterocycles. The summed E-state index contributed by atoms with van der Waals surface area (Å²) >= 11 is 5.82. The maximum atomic E-state index is 9.22. The van der Waals surface area contributed by atoms with E-state index in [0.29, 0.717) is 10.6 Å².